The molecule has 0 aromatic heterocycles. The van der Waals surface area contributed by atoms with Crippen LogP contribution >= 0.6 is 0 Å². The first kappa shape index (κ1) is 9.64. The van der Waals surface area contributed by atoms with Crippen LogP contribution in [0.5, 0.6) is 0 Å². The molecule has 0 saturated heterocycles. The lowest BCUT2D eigenvalue weighted by Gasteiger charge is -1.94. The van der Waals surface area contributed by atoms with E-state index in [0.717, 1.165) is 19.3 Å². The van der Waals surface area contributed by atoms with Crippen molar-refractivity contribution in [1.82, 2.24) is 0 Å². The van der Waals surface area contributed by atoms with Crippen LogP contribution in [-0.2, 0) is 10.8 Å². The van der Waals surface area contributed by atoms with Crippen LogP contribution in [0.25, 0.3) is 0 Å². The largest absolute Gasteiger partial charge is 0.259 e. The molecule has 0 aliphatic carbocycles. The number of rotatable bonds is 5. The molecule has 2 nitrogen and oxygen atoms in total. The van der Waals surface area contributed by atoms with Gasteiger partial charge in [0.05, 0.1) is 6.07 Å². The summed E-state index contributed by atoms with van der Waals surface area (Å²) in [6.07, 6.45) is 3.26. The molecule has 1 unspecified atom stereocenters. The lowest BCUT2D eigenvalue weighted by Crippen LogP contribution is -2.00. The lowest BCUT2D eigenvalue weighted by atomic mass is 10.3. The normalized spacial score (nSPS) is 12.4. The van der Waals surface area contributed by atoms with Gasteiger partial charge in [-0.05, 0) is 6.42 Å². The fourth-order valence-corrected chi connectivity index (χ4v) is 1.47. The summed E-state index contributed by atoms with van der Waals surface area (Å²) < 4.78 is 10.8. The first-order valence-electron chi connectivity index (χ1n) is 3.53. The molecule has 58 valence electrons. The van der Waals surface area contributed by atoms with Crippen LogP contribution in [0.4, 0.5) is 0 Å². The number of hydrogen-bond donors (Lipinski definition) is 0. The molecule has 0 spiro atoms. The summed E-state index contributed by atoms with van der Waals surface area (Å²) >= 11 is 0. The molecule has 0 bridgehead atoms. The van der Waals surface area contributed by atoms with Crippen molar-refractivity contribution in [2.75, 3.05) is 11.5 Å². The second-order valence-corrected chi connectivity index (χ2v) is 3.73. The van der Waals surface area contributed by atoms with E-state index in [-0.39, 0.29) is 5.75 Å². The minimum absolute atomic E-state index is 0.198. The molecule has 0 aliphatic heterocycles. The Balaban J connectivity index is 3.15. The van der Waals surface area contributed by atoms with E-state index < -0.39 is 10.8 Å². The van der Waals surface area contributed by atoms with E-state index in [0.29, 0.717) is 5.75 Å². The van der Waals surface area contributed by atoms with Crippen molar-refractivity contribution in [2.45, 2.75) is 26.2 Å². The monoisotopic (exact) mass is 159 g/mol. The summed E-state index contributed by atoms with van der Waals surface area (Å²) in [6.45, 7) is 2.10. The summed E-state index contributed by atoms with van der Waals surface area (Å²) in [5, 5.41) is 8.15. The molecule has 0 saturated carbocycles. The van der Waals surface area contributed by atoms with Crippen LogP contribution in [-0.4, -0.2) is 15.7 Å². The van der Waals surface area contributed by atoms with Gasteiger partial charge < -0.3 is 0 Å². The number of nitrogens with zero attached hydrogens (tertiary/aromatic N) is 1. The van der Waals surface area contributed by atoms with Gasteiger partial charge in [-0.1, -0.05) is 19.8 Å². The standard InChI is InChI=1S/C7H13NOS/c1-2-3-4-6-10(9)7-5-8/h2-4,6-7H2,1H3. The summed E-state index contributed by atoms with van der Waals surface area (Å²) in [5.74, 6) is 0.894. The third-order valence-electron chi connectivity index (χ3n) is 1.20. The zero-order chi connectivity index (χ0) is 7.82. The topological polar surface area (TPSA) is 40.9 Å². The predicted molar refractivity (Wildman–Crippen MR) is 43.0 cm³/mol. The van der Waals surface area contributed by atoms with Gasteiger partial charge in [0, 0.05) is 16.6 Å². The SMILES string of the molecule is CCCCCS(=O)CC#N. The Kier molecular flexibility index (Phi) is 6.51. The Morgan fingerprint density at radius 1 is 1.50 bits per heavy atom. The first-order valence-corrected chi connectivity index (χ1v) is 5.02. The number of unbranched alkanes of at least 4 members (excludes halogenated alkanes) is 2. The third-order valence-corrected chi connectivity index (χ3v) is 2.40. The third kappa shape index (κ3) is 5.77. The quantitative estimate of drug-likeness (QED) is 0.570. The smallest absolute Gasteiger partial charge is 0.111 e. The fourth-order valence-electron chi connectivity index (χ4n) is 0.657. The van der Waals surface area contributed by atoms with E-state index in [4.69, 9.17) is 5.26 Å². The second kappa shape index (κ2) is 6.76. The van der Waals surface area contributed by atoms with Crippen molar-refractivity contribution in [3.05, 3.63) is 0 Å². The van der Waals surface area contributed by atoms with E-state index in [2.05, 4.69) is 6.92 Å². The highest BCUT2D eigenvalue weighted by atomic mass is 32.2. The Morgan fingerprint density at radius 2 is 2.20 bits per heavy atom. The minimum atomic E-state index is -0.883. The van der Waals surface area contributed by atoms with Gasteiger partial charge in [0.1, 0.15) is 5.75 Å². The van der Waals surface area contributed by atoms with E-state index in [9.17, 15) is 4.21 Å². The lowest BCUT2D eigenvalue weighted by molar-refractivity contribution is 0.678. The van der Waals surface area contributed by atoms with Crippen LogP contribution < -0.4 is 0 Å². The molecule has 0 aliphatic rings. The Morgan fingerprint density at radius 3 is 2.70 bits per heavy atom. The van der Waals surface area contributed by atoms with Crippen molar-refractivity contribution in [3.63, 3.8) is 0 Å². The van der Waals surface area contributed by atoms with E-state index in [1.165, 1.54) is 0 Å². The van der Waals surface area contributed by atoms with Gasteiger partial charge in [0.2, 0.25) is 0 Å². The molecule has 0 fully saturated rings. The first-order chi connectivity index (χ1) is 4.81. The van der Waals surface area contributed by atoms with Crippen LogP contribution in [0.3, 0.4) is 0 Å². The molecular weight excluding hydrogens is 146 g/mol. The Labute approximate surface area is 64.7 Å². The van der Waals surface area contributed by atoms with Gasteiger partial charge in [0.25, 0.3) is 0 Å². The van der Waals surface area contributed by atoms with Crippen molar-refractivity contribution in [3.8, 4) is 6.07 Å². The molecule has 0 radical (unpaired) electrons. The average Bonchev–Trinajstić information content (AvgIpc) is 1.89. The van der Waals surface area contributed by atoms with Crippen LogP contribution in [0, 0.1) is 11.3 Å². The summed E-state index contributed by atoms with van der Waals surface area (Å²) in [7, 11) is -0.883. The van der Waals surface area contributed by atoms with Crippen molar-refractivity contribution in [1.29, 1.82) is 5.26 Å². The maximum Gasteiger partial charge on any atom is 0.111 e. The maximum absolute atomic E-state index is 10.8. The van der Waals surface area contributed by atoms with Gasteiger partial charge in [-0.2, -0.15) is 5.26 Å². The number of hydrogen-bond acceptors (Lipinski definition) is 2. The second-order valence-electron chi connectivity index (χ2n) is 2.15. The zero-order valence-electron chi connectivity index (χ0n) is 6.30. The highest BCUT2D eigenvalue weighted by Crippen LogP contribution is 1.95. The highest BCUT2D eigenvalue weighted by molar-refractivity contribution is 7.85. The van der Waals surface area contributed by atoms with Crippen molar-refractivity contribution >= 4 is 10.8 Å². The van der Waals surface area contributed by atoms with Crippen LogP contribution in [0.1, 0.15) is 26.2 Å². The predicted octanol–water partition coefficient (Wildman–Crippen LogP) is 1.45. The van der Waals surface area contributed by atoms with Gasteiger partial charge in [-0.15, -0.1) is 0 Å². The van der Waals surface area contributed by atoms with Gasteiger partial charge in [-0.25, -0.2) is 0 Å². The molecule has 0 amide bonds. The van der Waals surface area contributed by atoms with E-state index >= 15 is 0 Å². The molecule has 0 N–H and O–H groups in total. The van der Waals surface area contributed by atoms with E-state index in [1.807, 2.05) is 6.07 Å². The molecule has 0 heterocycles. The average molecular weight is 159 g/mol. The van der Waals surface area contributed by atoms with Gasteiger partial charge in [-0.3, -0.25) is 4.21 Å². The molecule has 3 heteroatoms. The molecule has 0 rings (SSSR count). The van der Waals surface area contributed by atoms with Gasteiger partial charge >= 0.3 is 0 Å². The number of nitriles is 1. The minimum Gasteiger partial charge on any atom is -0.259 e. The van der Waals surface area contributed by atoms with Gasteiger partial charge in [0.15, 0.2) is 0 Å². The molecule has 0 aromatic rings. The van der Waals surface area contributed by atoms with Crippen LogP contribution in [0.2, 0.25) is 0 Å². The molecule has 1 atom stereocenters. The molecular formula is C7H13NOS. The fraction of sp³-hybridized carbons (Fsp3) is 0.857. The van der Waals surface area contributed by atoms with Crippen molar-refractivity contribution in [2.24, 2.45) is 0 Å². The summed E-state index contributed by atoms with van der Waals surface area (Å²) in [5.41, 5.74) is 0. The van der Waals surface area contributed by atoms with E-state index in [1.54, 1.807) is 0 Å². The van der Waals surface area contributed by atoms with Crippen molar-refractivity contribution < 1.29 is 4.21 Å². The molecule has 0 aromatic carbocycles. The summed E-state index contributed by atoms with van der Waals surface area (Å²) in [6, 6.07) is 1.89. The maximum atomic E-state index is 10.8. The zero-order valence-corrected chi connectivity index (χ0v) is 7.12. The Hall–Kier alpha value is -0.360. The molecule has 10 heavy (non-hydrogen) atoms. The summed E-state index contributed by atoms with van der Waals surface area (Å²) in [4.78, 5) is 0. The van der Waals surface area contributed by atoms with Crippen LogP contribution in [0.15, 0.2) is 0 Å². The highest BCUT2D eigenvalue weighted by Gasteiger charge is 1.95. The Bertz CT molecular complexity index is 139.